The van der Waals surface area contributed by atoms with Crippen LogP contribution in [0.4, 0.5) is 0 Å². The molecule has 0 unspecified atom stereocenters. The molecule has 10 aromatic carbocycles. The van der Waals surface area contributed by atoms with Crippen molar-refractivity contribution < 1.29 is 4.42 Å². The third kappa shape index (κ3) is 8.51. The van der Waals surface area contributed by atoms with Gasteiger partial charge in [0.15, 0.2) is 0 Å². The van der Waals surface area contributed by atoms with Gasteiger partial charge in [0.1, 0.15) is 11.2 Å². The van der Waals surface area contributed by atoms with Crippen LogP contribution in [0.2, 0.25) is 0 Å². The Labute approximate surface area is 407 Å². The second-order valence-electron chi connectivity index (χ2n) is 20.6. The molecule has 334 valence electrons. The van der Waals surface area contributed by atoms with Gasteiger partial charge in [0, 0.05) is 21.9 Å². The lowest BCUT2D eigenvalue weighted by atomic mass is 9.81. The molecule has 0 aliphatic heterocycles. The first kappa shape index (κ1) is 43.6. The molecule has 0 saturated carbocycles. The van der Waals surface area contributed by atoms with Crippen LogP contribution in [0.5, 0.6) is 0 Å². The lowest BCUT2D eigenvalue weighted by molar-refractivity contribution is 0.590. The van der Waals surface area contributed by atoms with E-state index in [1.165, 1.54) is 55.6 Å². The first-order valence-corrected chi connectivity index (χ1v) is 24.2. The highest BCUT2D eigenvalue weighted by molar-refractivity contribution is 6.15. The van der Waals surface area contributed by atoms with Crippen LogP contribution < -0.4 is 0 Å². The van der Waals surface area contributed by atoms with E-state index in [-0.39, 0.29) is 10.8 Å². The third-order valence-corrected chi connectivity index (χ3v) is 13.8. The molecule has 0 saturated heterocycles. The van der Waals surface area contributed by atoms with Gasteiger partial charge in [0.25, 0.3) is 0 Å². The van der Waals surface area contributed by atoms with E-state index in [0.29, 0.717) is 0 Å². The lowest BCUT2D eigenvalue weighted by Gasteiger charge is -2.22. The van der Waals surface area contributed by atoms with Crippen LogP contribution in [0.25, 0.3) is 111 Å². The molecule has 1 nitrogen and oxygen atoms in total. The Morgan fingerprint density at radius 1 is 0.232 bits per heavy atom. The molecule has 0 bridgehead atoms. The number of fused-ring (bicyclic) bond motifs is 3. The number of rotatable bonds is 8. The second kappa shape index (κ2) is 17.6. The van der Waals surface area contributed by atoms with Crippen molar-refractivity contribution >= 4 is 21.9 Å². The summed E-state index contributed by atoms with van der Waals surface area (Å²) in [6.45, 7) is 13.9. The number of furan rings is 1. The van der Waals surface area contributed by atoms with Crippen molar-refractivity contribution in [3.8, 4) is 89.0 Å². The van der Waals surface area contributed by atoms with Crippen molar-refractivity contribution in [2.45, 2.75) is 52.4 Å². The summed E-state index contributed by atoms with van der Waals surface area (Å²) < 4.78 is 7.51. The van der Waals surface area contributed by atoms with Gasteiger partial charge in [-0.3, -0.25) is 0 Å². The summed E-state index contributed by atoms with van der Waals surface area (Å²) in [7, 11) is 0. The van der Waals surface area contributed by atoms with Gasteiger partial charge in [-0.25, -0.2) is 0 Å². The normalized spacial score (nSPS) is 11.9. The summed E-state index contributed by atoms with van der Waals surface area (Å²) in [5.74, 6) is 0. The molecule has 1 heteroatoms. The summed E-state index contributed by atoms with van der Waals surface area (Å²) in [4.78, 5) is 0. The molecule has 0 fully saturated rings. The molecule has 0 spiro atoms. The van der Waals surface area contributed by atoms with Gasteiger partial charge >= 0.3 is 0 Å². The number of hydrogen-bond acceptors (Lipinski definition) is 1. The third-order valence-electron chi connectivity index (χ3n) is 13.8. The zero-order chi connectivity index (χ0) is 47.3. The molecule has 11 aromatic rings. The Hall–Kier alpha value is -8.00. The van der Waals surface area contributed by atoms with E-state index < -0.39 is 0 Å². The SMILES string of the molecule is CC(C)(C)c1cc(-c2ccccc2-c2cc(-c3ccccc3)cc(-c3ccccc3)c2)c2oc3c(-c4ccccc4-c4cc(-c5ccccc5)cc(-c5ccccc5)c4)cc(C(C)(C)C)cc3c2c1. The largest absolute Gasteiger partial charge is 0.455 e. The van der Waals surface area contributed by atoms with Crippen LogP contribution in [-0.4, -0.2) is 0 Å². The summed E-state index contributed by atoms with van der Waals surface area (Å²) in [5.41, 5.74) is 22.7. The van der Waals surface area contributed by atoms with E-state index in [4.69, 9.17) is 4.42 Å². The van der Waals surface area contributed by atoms with Gasteiger partial charge < -0.3 is 4.42 Å². The average molecular weight is 889 g/mol. The Balaban J connectivity index is 1.17. The molecule has 1 heterocycles. The Bertz CT molecular complexity index is 3280. The van der Waals surface area contributed by atoms with E-state index in [1.807, 2.05) is 0 Å². The van der Waals surface area contributed by atoms with Crippen LogP contribution in [0.1, 0.15) is 52.7 Å². The molecule has 0 aliphatic carbocycles. The van der Waals surface area contributed by atoms with Gasteiger partial charge in [-0.15, -0.1) is 0 Å². The van der Waals surface area contributed by atoms with E-state index in [9.17, 15) is 0 Å². The van der Waals surface area contributed by atoms with Gasteiger partial charge in [-0.05, 0) is 161 Å². The van der Waals surface area contributed by atoms with Crippen molar-refractivity contribution in [3.05, 3.63) is 242 Å². The minimum absolute atomic E-state index is 0.132. The summed E-state index contributed by atoms with van der Waals surface area (Å²) >= 11 is 0. The second-order valence-corrected chi connectivity index (χ2v) is 20.6. The number of hydrogen-bond donors (Lipinski definition) is 0. The predicted molar refractivity (Wildman–Crippen MR) is 295 cm³/mol. The fourth-order valence-electron chi connectivity index (χ4n) is 9.94. The van der Waals surface area contributed by atoms with E-state index in [2.05, 4.69) is 272 Å². The van der Waals surface area contributed by atoms with Gasteiger partial charge in [-0.1, -0.05) is 211 Å². The van der Waals surface area contributed by atoms with Gasteiger partial charge in [0.05, 0.1) is 0 Å². The summed E-state index contributed by atoms with van der Waals surface area (Å²) in [5, 5.41) is 2.26. The van der Waals surface area contributed by atoms with Gasteiger partial charge in [-0.2, -0.15) is 0 Å². The Morgan fingerprint density at radius 2 is 0.493 bits per heavy atom. The van der Waals surface area contributed by atoms with Crippen molar-refractivity contribution in [2.24, 2.45) is 0 Å². The zero-order valence-electron chi connectivity index (χ0n) is 40.3. The van der Waals surface area contributed by atoms with Crippen LogP contribution in [0.15, 0.2) is 235 Å². The van der Waals surface area contributed by atoms with Crippen LogP contribution in [0.3, 0.4) is 0 Å². The minimum atomic E-state index is -0.132. The molecule has 0 N–H and O–H groups in total. The molecule has 69 heavy (non-hydrogen) atoms. The fraction of sp³-hybridized carbons (Fsp3) is 0.118. The molecular weight excluding hydrogens is 833 g/mol. The predicted octanol–water partition coefficient (Wildman–Crippen LogP) is 19.5. The average Bonchev–Trinajstić information content (AvgIpc) is 3.77. The minimum Gasteiger partial charge on any atom is -0.455 e. The molecule has 0 aliphatic rings. The summed E-state index contributed by atoms with van der Waals surface area (Å²) in [6, 6.07) is 84.3. The highest BCUT2D eigenvalue weighted by Gasteiger charge is 2.27. The zero-order valence-corrected chi connectivity index (χ0v) is 40.3. The molecule has 0 amide bonds. The van der Waals surface area contributed by atoms with Crippen LogP contribution in [-0.2, 0) is 10.8 Å². The lowest BCUT2D eigenvalue weighted by Crippen LogP contribution is -2.11. The first-order chi connectivity index (χ1) is 33.5. The number of benzene rings is 10. The first-order valence-electron chi connectivity index (χ1n) is 24.2. The van der Waals surface area contributed by atoms with Crippen molar-refractivity contribution in [2.75, 3.05) is 0 Å². The fourth-order valence-corrected chi connectivity index (χ4v) is 9.94. The summed E-state index contributed by atoms with van der Waals surface area (Å²) in [6.07, 6.45) is 0. The van der Waals surface area contributed by atoms with Crippen molar-refractivity contribution in [3.63, 3.8) is 0 Å². The Morgan fingerprint density at radius 3 is 0.783 bits per heavy atom. The quantitative estimate of drug-likeness (QED) is 0.148. The topological polar surface area (TPSA) is 13.1 Å². The van der Waals surface area contributed by atoms with E-state index >= 15 is 0 Å². The maximum Gasteiger partial charge on any atom is 0.143 e. The van der Waals surface area contributed by atoms with Crippen LogP contribution in [0, 0.1) is 0 Å². The maximum absolute atomic E-state index is 7.51. The van der Waals surface area contributed by atoms with Gasteiger partial charge in [0.2, 0.25) is 0 Å². The highest BCUT2D eigenvalue weighted by atomic mass is 16.3. The van der Waals surface area contributed by atoms with Crippen molar-refractivity contribution in [1.29, 1.82) is 0 Å². The molecule has 0 atom stereocenters. The molecule has 0 radical (unpaired) electrons. The monoisotopic (exact) mass is 888 g/mol. The van der Waals surface area contributed by atoms with Crippen LogP contribution >= 0.6 is 0 Å². The molecular formula is C68H56O. The smallest absolute Gasteiger partial charge is 0.143 e. The standard InChI is InChI=1S/C68H56O/c1-67(2,3)55-41-61(59-33-21-19-31-57(59)53-37-49(45-23-11-7-12-24-45)35-50(38-53)46-25-13-8-14-26-46)65-63(43-55)64-44-56(68(4,5)6)42-62(66(64)69-65)60-34-22-20-32-58(60)54-39-51(47-27-15-9-16-28-47)36-52(40-54)48-29-17-10-18-30-48/h7-44H,1-6H3. The maximum atomic E-state index is 7.51. The Kier molecular flexibility index (Phi) is 11.1. The molecule has 1 aromatic heterocycles. The van der Waals surface area contributed by atoms with Crippen molar-refractivity contribution in [1.82, 2.24) is 0 Å². The highest BCUT2D eigenvalue weighted by Crippen LogP contribution is 2.48. The van der Waals surface area contributed by atoms with E-state index in [0.717, 1.165) is 66.4 Å². The molecule has 11 rings (SSSR count). The van der Waals surface area contributed by atoms with E-state index in [1.54, 1.807) is 0 Å².